The molecule has 1 fully saturated rings. The standard InChI is InChI=1S/C11H23NO3S/c1-4-9(13)8-12(2)10-6-5-7-11(10)16(3,14)15/h9-11,13H,4-8H2,1-3H3/t9-,10?,11?/m1/s1. The van der Waals surface area contributed by atoms with Gasteiger partial charge in [0.1, 0.15) is 0 Å². The van der Waals surface area contributed by atoms with Crippen LogP contribution >= 0.6 is 0 Å². The van der Waals surface area contributed by atoms with Gasteiger partial charge in [0.15, 0.2) is 9.84 Å². The van der Waals surface area contributed by atoms with Gasteiger partial charge in [0.25, 0.3) is 0 Å². The van der Waals surface area contributed by atoms with Crippen molar-refractivity contribution >= 4 is 9.84 Å². The van der Waals surface area contributed by atoms with Crippen molar-refractivity contribution in [2.24, 2.45) is 0 Å². The molecule has 1 aliphatic rings. The Morgan fingerprint density at radius 2 is 2.06 bits per heavy atom. The maximum atomic E-state index is 11.6. The van der Waals surface area contributed by atoms with Crippen molar-refractivity contribution < 1.29 is 13.5 Å². The normalized spacial score (nSPS) is 28.6. The van der Waals surface area contributed by atoms with E-state index in [-0.39, 0.29) is 17.4 Å². The lowest BCUT2D eigenvalue weighted by molar-refractivity contribution is 0.103. The largest absolute Gasteiger partial charge is 0.392 e. The van der Waals surface area contributed by atoms with Gasteiger partial charge in [-0.3, -0.25) is 4.90 Å². The van der Waals surface area contributed by atoms with E-state index in [9.17, 15) is 13.5 Å². The highest BCUT2D eigenvalue weighted by Crippen LogP contribution is 2.28. The van der Waals surface area contributed by atoms with Crippen molar-refractivity contribution in [3.63, 3.8) is 0 Å². The molecule has 0 aromatic rings. The number of hydrogen-bond donors (Lipinski definition) is 1. The zero-order chi connectivity index (χ0) is 12.3. The third-order valence-corrected chi connectivity index (χ3v) is 5.15. The molecule has 5 heteroatoms. The summed E-state index contributed by atoms with van der Waals surface area (Å²) in [6.07, 6.45) is 4.32. The summed E-state index contributed by atoms with van der Waals surface area (Å²) in [7, 11) is -1.05. The van der Waals surface area contributed by atoms with E-state index >= 15 is 0 Å². The minimum atomic E-state index is -2.96. The van der Waals surface area contributed by atoms with Crippen molar-refractivity contribution in [3.05, 3.63) is 0 Å². The van der Waals surface area contributed by atoms with Gasteiger partial charge in [-0.05, 0) is 26.3 Å². The van der Waals surface area contributed by atoms with Crippen LogP contribution < -0.4 is 0 Å². The van der Waals surface area contributed by atoms with E-state index in [1.165, 1.54) is 6.26 Å². The minimum Gasteiger partial charge on any atom is -0.392 e. The van der Waals surface area contributed by atoms with Gasteiger partial charge >= 0.3 is 0 Å². The van der Waals surface area contributed by atoms with Crippen LogP contribution in [-0.4, -0.2) is 55.7 Å². The van der Waals surface area contributed by atoms with Crippen LogP contribution in [0.1, 0.15) is 32.6 Å². The van der Waals surface area contributed by atoms with Gasteiger partial charge < -0.3 is 5.11 Å². The average Bonchev–Trinajstić information content (AvgIpc) is 2.65. The zero-order valence-electron chi connectivity index (χ0n) is 10.4. The number of rotatable bonds is 5. The van der Waals surface area contributed by atoms with E-state index in [1.807, 2.05) is 18.9 Å². The molecule has 2 unspecified atom stereocenters. The zero-order valence-corrected chi connectivity index (χ0v) is 11.2. The molecule has 0 radical (unpaired) electrons. The molecular weight excluding hydrogens is 226 g/mol. The molecule has 0 aromatic heterocycles. The van der Waals surface area contributed by atoms with Crippen LogP contribution in [0.5, 0.6) is 0 Å². The second-order valence-electron chi connectivity index (χ2n) is 4.87. The second-order valence-corrected chi connectivity index (χ2v) is 7.13. The highest BCUT2D eigenvalue weighted by molar-refractivity contribution is 7.91. The predicted molar refractivity (Wildman–Crippen MR) is 65.2 cm³/mol. The fraction of sp³-hybridized carbons (Fsp3) is 1.00. The predicted octanol–water partition coefficient (Wildman–Crippen LogP) is 0.655. The smallest absolute Gasteiger partial charge is 0.151 e. The van der Waals surface area contributed by atoms with Crippen molar-refractivity contribution in [2.45, 2.75) is 50.0 Å². The molecular formula is C11H23NO3S. The molecule has 1 saturated carbocycles. The van der Waals surface area contributed by atoms with Gasteiger partial charge in [0, 0.05) is 18.8 Å². The maximum absolute atomic E-state index is 11.6. The Bertz CT molecular complexity index is 315. The van der Waals surface area contributed by atoms with Crippen LogP contribution in [-0.2, 0) is 9.84 Å². The van der Waals surface area contributed by atoms with Crippen LogP contribution in [0.25, 0.3) is 0 Å². The molecule has 0 aliphatic heterocycles. The quantitative estimate of drug-likeness (QED) is 0.777. The van der Waals surface area contributed by atoms with Crippen LogP contribution in [0.4, 0.5) is 0 Å². The summed E-state index contributed by atoms with van der Waals surface area (Å²) < 4.78 is 23.2. The number of aliphatic hydroxyl groups is 1. The highest BCUT2D eigenvalue weighted by atomic mass is 32.2. The lowest BCUT2D eigenvalue weighted by Crippen LogP contribution is -2.44. The molecule has 0 saturated heterocycles. The maximum Gasteiger partial charge on any atom is 0.151 e. The average molecular weight is 249 g/mol. The first-order chi connectivity index (χ1) is 7.36. The Labute approximate surface area is 98.6 Å². The first-order valence-corrected chi connectivity index (χ1v) is 7.89. The SMILES string of the molecule is CC[C@@H](O)CN(C)C1CCCC1S(C)(=O)=O. The third kappa shape index (κ3) is 3.43. The Hall–Kier alpha value is -0.130. The minimum absolute atomic E-state index is 0.0798. The van der Waals surface area contributed by atoms with Crippen LogP contribution in [0.3, 0.4) is 0 Å². The summed E-state index contributed by atoms with van der Waals surface area (Å²) in [6.45, 7) is 2.49. The monoisotopic (exact) mass is 249 g/mol. The van der Waals surface area contributed by atoms with E-state index in [0.29, 0.717) is 13.0 Å². The molecule has 4 nitrogen and oxygen atoms in total. The molecule has 3 atom stereocenters. The topological polar surface area (TPSA) is 57.6 Å². The second kappa shape index (κ2) is 5.47. The number of likely N-dealkylation sites (N-methyl/N-ethyl adjacent to an activating group) is 1. The Morgan fingerprint density at radius 1 is 1.44 bits per heavy atom. The summed E-state index contributed by atoms with van der Waals surface area (Å²) >= 11 is 0. The molecule has 0 heterocycles. The van der Waals surface area contributed by atoms with Gasteiger partial charge in [-0.1, -0.05) is 13.3 Å². The fourth-order valence-electron chi connectivity index (χ4n) is 2.51. The molecule has 1 aliphatic carbocycles. The lowest BCUT2D eigenvalue weighted by Gasteiger charge is -2.30. The van der Waals surface area contributed by atoms with Crippen molar-refractivity contribution in [3.8, 4) is 0 Å². The van der Waals surface area contributed by atoms with E-state index in [0.717, 1.165) is 19.3 Å². The summed E-state index contributed by atoms with van der Waals surface area (Å²) in [5.74, 6) is 0. The molecule has 1 N–H and O–H groups in total. The molecule has 0 bridgehead atoms. The van der Waals surface area contributed by atoms with Crippen LogP contribution in [0.15, 0.2) is 0 Å². The van der Waals surface area contributed by atoms with Crippen LogP contribution in [0.2, 0.25) is 0 Å². The molecule has 16 heavy (non-hydrogen) atoms. The van der Waals surface area contributed by atoms with Crippen molar-refractivity contribution in [2.75, 3.05) is 19.8 Å². The van der Waals surface area contributed by atoms with Crippen molar-refractivity contribution in [1.29, 1.82) is 0 Å². The van der Waals surface area contributed by atoms with Gasteiger partial charge in [-0.25, -0.2) is 8.42 Å². The van der Waals surface area contributed by atoms with E-state index in [2.05, 4.69) is 0 Å². The van der Waals surface area contributed by atoms with Gasteiger partial charge in [0.2, 0.25) is 0 Å². The highest BCUT2D eigenvalue weighted by Gasteiger charge is 2.37. The van der Waals surface area contributed by atoms with E-state index < -0.39 is 9.84 Å². The van der Waals surface area contributed by atoms with E-state index in [4.69, 9.17) is 0 Å². The number of hydrogen-bond acceptors (Lipinski definition) is 4. The third-order valence-electron chi connectivity index (χ3n) is 3.50. The van der Waals surface area contributed by atoms with Gasteiger partial charge in [-0.15, -0.1) is 0 Å². The van der Waals surface area contributed by atoms with Gasteiger partial charge in [0.05, 0.1) is 11.4 Å². The molecule has 0 spiro atoms. The molecule has 0 amide bonds. The molecule has 0 aromatic carbocycles. The Balaban J connectivity index is 2.65. The summed E-state index contributed by atoms with van der Waals surface area (Å²) in [5.41, 5.74) is 0. The molecule has 96 valence electrons. The number of aliphatic hydroxyl groups excluding tert-OH is 1. The number of sulfone groups is 1. The fourth-order valence-corrected chi connectivity index (χ4v) is 4.02. The summed E-state index contributed by atoms with van der Waals surface area (Å²) in [5, 5.41) is 9.34. The Kier molecular flexibility index (Phi) is 4.76. The number of nitrogens with zero attached hydrogens (tertiary/aromatic N) is 1. The Morgan fingerprint density at radius 3 is 2.56 bits per heavy atom. The molecule has 1 rings (SSSR count). The first kappa shape index (κ1) is 13.9. The van der Waals surface area contributed by atoms with E-state index in [1.54, 1.807) is 0 Å². The summed E-state index contributed by atoms with van der Waals surface area (Å²) in [4.78, 5) is 2.01. The van der Waals surface area contributed by atoms with Crippen molar-refractivity contribution in [1.82, 2.24) is 4.90 Å². The lowest BCUT2D eigenvalue weighted by atomic mass is 10.2. The summed E-state index contributed by atoms with van der Waals surface area (Å²) in [6, 6.07) is 0.0798. The van der Waals surface area contributed by atoms with Crippen LogP contribution in [0, 0.1) is 0 Å². The first-order valence-electron chi connectivity index (χ1n) is 5.93. The van der Waals surface area contributed by atoms with Gasteiger partial charge in [-0.2, -0.15) is 0 Å².